The van der Waals surface area contributed by atoms with E-state index in [4.69, 9.17) is 5.26 Å². The van der Waals surface area contributed by atoms with Gasteiger partial charge in [0.2, 0.25) is 0 Å². The fourth-order valence-electron chi connectivity index (χ4n) is 1.04. The van der Waals surface area contributed by atoms with Crippen molar-refractivity contribution in [3.05, 3.63) is 32.6 Å². The molecule has 0 radical (unpaired) electrons. The molecule has 0 aliphatic rings. The summed E-state index contributed by atoms with van der Waals surface area (Å²) in [5.41, 5.74) is -1.00. The van der Waals surface area contributed by atoms with E-state index in [9.17, 15) is 17.6 Å². The van der Waals surface area contributed by atoms with E-state index in [0.29, 0.717) is 0 Å². The Labute approximate surface area is 96.8 Å². The van der Waals surface area contributed by atoms with Gasteiger partial charge in [-0.05, 0) is 40.3 Å². The minimum Gasteiger partial charge on any atom is -0.206 e. The number of alkyl halides is 3. The first-order chi connectivity index (χ1) is 6.86. The highest BCUT2D eigenvalue weighted by Gasteiger charge is 2.34. The number of nitriles is 1. The molecule has 1 aromatic rings. The maximum Gasteiger partial charge on any atom is 0.417 e. The van der Waals surface area contributed by atoms with Gasteiger partial charge in [-0.25, -0.2) is 4.39 Å². The van der Waals surface area contributed by atoms with E-state index in [-0.39, 0.29) is 12.0 Å². The van der Waals surface area contributed by atoms with Crippen molar-refractivity contribution in [3.8, 4) is 6.07 Å². The van der Waals surface area contributed by atoms with Crippen LogP contribution in [0, 0.1) is 20.7 Å². The number of hydrogen-bond donors (Lipinski definition) is 0. The fraction of sp³-hybridized carbons (Fsp3) is 0.222. The average molecular weight is 329 g/mol. The zero-order valence-electron chi connectivity index (χ0n) is 7.20. The molecule has 1 aromatic carbocycles. The SMILES string of the molecule is N#CCc1cc(F)c(I)c(C(F)(F)F)c1. The van der Waals surface area contributed by atoms with E-state index >= 15 is 0 Å². The van der Waals surface area contributed by atoms with Crippen molar-refractivity contribution in [2.24, 2.45) is 0 Å². The molecular weight excluding hydrogens is 325 g/mol. The summed E-state index contributed by atoms with van der Waals surface area (Å²) in [5, 5.41) is 8.32. The van der Waals surface area contributed by atoms with Crippen LogP contribution in [0.2, 0.25) is 0 Å². The molecule has 0 atom stereocenters. The lowest BCUT2D eigenvalue weighted by molar-refractivity contribution is -0.138. The molecule has 1 nitrogen and oxygen atoms in total. The van der Waals surface area contributed by atoms with E-state index in [1.54, 1.807) is 6.07 Å². The van der Waals surface area contributed by atoms with E-state index < -0.39 is 21.1 Å². The molecule has 0 aliphatic carbocycles. The van der Waals surface area contributed by atoms with Crippen LogP contribution in [0.25, 0.3) is 0 Å². The molecule has 6 heteroatoms. The van der Waals surface area contributed by atoms with Gasteiger partial charge in [0.25, 0.3) is 0 Å². The molecule has 0 heterocycles. The number of benzene rings is 1. The first kappa shape index (κ1) is 12.2. The van der Waals surface area contributed by atoms with Crippen molar-refractivity contribution in [3.63, 3.8) is 0 Å². The highest BCUT2D eigenvalue weighted by atomic mass is 127. The second-order valence-electron chi connectivity index (χ2n) is 2.77. The summed E-state index contributed by atoms with van der Waals surface area (Å²) in [7, 11) is 0. The summed E-state index contributed by atoms with van der Waals surface area (Å²) in [4.78, 5) is 0. The Balaban J connectivity index is 3.33. The maximum absolute atomic E-state index is 13.1. The lowest BCUT2D eigenvalue weighted by Crippen LogP contribution is -2.10. The van der Waals surface area contributed by atoms with Gasteiger partial charge in [-0.15, -0.1) is 0 Å². The molecule has 0 aromatic heterocycles. The van der Waals surface area contributed by atoms with E-state index in [1.165, 1.54) is 22.6 Å². The number of nitrogens with zero attached hydrogens (tertiary/aromatic N) is 1. The van der Waals surface area contributed by atoms with Gasteiger partial charge in [-0.1, -0.05) is 0 Å². The Kier molecular flexibility index (Phi) is 3.54. The monoisotopic (exact) mass is 329 g/mol. The molecule has 0 saturated carbocycles. The lowest BCUT2D eigenvalue weighted by atomic mass is 10.1. The van der Waals surface area contributed by atoms with E-state index in [0.717, 1.165) is 12.1 Å². The van der Waals surface area contributed by atoms with Crippen LogP contribution < -0.4 is 0 Å². The van der Waals surface area contributed by atoms with Gasteiger partial charge >= 0.3 is 6.18 Å². The van der Waals surface area contributed by atoms with Crippen molar-refractivity contribution < 1.29 is 17.6 Å². The second kappa shape index (κ2) is 4.35. The Morgan fingerprint density at radius 3 is 2.40 bits per heavy atom. The highest BCUT2D eigenvalue weighted by molar-refractivity contribution is 14.1. The van der Waals surface area contributed by atoms with Crippen LogP contribution in [-0.4, -0.2) is 0 Å². The van der Waals surface area contributed by atoms with Gasteiger partial charge in [0.1, 0.15) is 5.82 Å². The molecule has 0 saturated heterocycles. The summed E-state index contributed by atoms with van der Waals surface area (Å²) in [6.45, 7) is 0. The molecule has 0 fully saturated rings. The van der Waals surface area contributed by atoms with Gasteiger partial charge in [0.05, 0.1) is 21.6 Å². The van der Waals surface area contributed by atoms with Crippen molar-refractivity contribution >= 4 is 22.6 Å². The first-order valence-corrected chi connectivity index (χ1v) is 4.86. The van der Waals surface area contributed by atoms with Crippen LogP contribution >= 0.6 is 22.6 Å². The van der Waals surface area contributed by atoms with Crippen LogP contribution in [0.15, 0.2) is 12.1 Å². The fourth-order valence-corrected chi connectivity index (χ4v) is 1.66. The van der Waals surface area contributed by atoms with Crippen LogP contribution in [0.4, 0.5) is 17.6 Å². The highest BCUT2D eigenvalue weighted by Crippen LogP contribution is 2.34. The molecule has 0 bridgehead atoms. The number of hydrogen-bond acceptors (Lipinski definition) is 1. The molecule has 80 valence electrons. The van der Waals surface area contributed by atoms with Gasteiger partial charge in [0.15, 0.2) is 0 Å². The minimum atomic E-state index is -4.59. The predicted octanol–water partition coefficient (Wildman–Crippen LogP) is 3.52. The zero-order valence-corrected chi connectivity index (χ0v) is 9.36. The molecular formula is C9H4F4IN. The minimum absolute atomic E-state index is 0.0303. The largest absolute Gasteiger partial charge is 0.417 e. The molecule has 0 aliphatic heterocycles. The zero-order chi connectivity index (χ0) is 11.6. The van der Waals surface area contributed by atoms with E-state index in [1.807, 2.05) is 0 Å². The summed E-state index contributed by atoms with van der Waals surface area (Å²) in [6, 6.07) is 3.42. The summed E-state index contributed by atoms with van der Waals surface area (Å²) in [6.07, 6.45) is -4.83. The van der Waals surface area contributed by atoms with Crippen LogP contribution in [0.5, 0.6) is 0 Å². The van der Waals surface area contributed by atoms with Gasteiger partial charge in [0, 0.05) is 0 Å². The predicted molar refractivity (Wildman–Crippen MR) is 53.4 cm³/mol. The molecule has 0 unspecified atom stereocenters. The molecule has 0 N–H and O–H groups in total. The number of rotatable bonds is 1. The van der Waals surface area contributed by atoms with E-state index in [2.05, 4.69) is 0 Å². The summed E-state index contributed by atoms with van der Waals surface area (Å²) < 4.78 is 49.8. The molecule has 0 spiro atoms. The normalized spacial score (nSPS) is 11.2. The quantitative estimate of drug-likeness (QED) is 0.571. The Hall–Kier alpha value is -0.840. The third kappa shape index (κ3) is 2.81. The van der Waals surface area contributed by atoms with Crippen LogP contribution in [0.1, 0.15) is 11.1 Å². The lowest BCUT2D eigenvalue weighted by Gasteiger charge is -2.10. The van der Waals surface area contributed by atoms with Crippen molar-refractivity contribution in [2.45, 2.75) is 12.6 Å². The van der Waals surface area contributed by atoms with Crippen molar-refractivity contribution in [1.82, 2.24) is 0 Å². The third-order valence-electron chi connectivity index (χ3n) is 1.68. The van der Waals surface area contributed by atoms with Gasteiger partial charge in [-0.3, -0.25) is 0 Å². The van der Waals surface area contributed by atoms with Crippen LogP contribution in [-0.2, 0) is 12.6 Å². The van der Waals surface area contributed by atoms with Crippen LogP contribution in [0.3, 0.4) is 0 Å². The smallest absolute Gasteiger partial charge is 0.206 e. The number of halogens is 5. The molecule has 15 heavy (non-hydrogen) atoms. The maximum atomic E-state index is 13.1. The van der Waals surface area contributed by atoms with Gasteiger partial charge < -0.3 is 0 Å². The molecule has 1 rings (SSSR count). The Morgan fingerprint density at radius 2 is 1.93 bits per heavy atom. The molecule has 0 amide bonds. The first-order valence-electron chi connectivity index (χ1n) is 3.78. The second-order valence-corrected chi connectivity index (χ2v) is 3.85. The third-order valence-corrected chi connectivity index (χ3v) is 2.77. The Morgan fingerprint density at radius 1 is 1.33 bits per heavy atom. The standard InChI is InChI=1S/C9H4F4IN/c10-7-4-5(1-2-15)3-6(8(7)14)9(11,12)13/h3-4H,1H2. The average Bonchev–Trinajstić information content (AvgIpc) is 2.09. The summed E-state index contributed by atoms with van der Waals surface area (Å²) in [5.74, 6) is -0.948. The van der Waals surface area contributed by atoms with Gasteiger partial charge in [-0.2, -0.15) is 18.4 Å². The van der Waals surface area contributed by atoms with Crippen molar-refractivity contribution in [1.29, 1.82) is 5.26 Å². The summed E-state index contributed by atoms with van der Waals surface area (Å²) >= 11 is 1.30. The van der Waals surface area contributed by atoms with Crippen molar-refractivity contribution in [2.75, 3.05) is 0 Å². The Bertz CT molecular complexity index is 419. The topological polar surface area (TPSA) is 23.8 Å².